The number of ether oxygens (including phenoxy) is 2. The van der Waals surface area contributed by atoms with Crippen molar-refractivity contribution in [3.8, 4) is 22.9 Å². The summed E-state index contributed by atoms with van der Waals surface area (Å²) in [5.74, 6) is -2.25. The summed E-state index contributed by atoms with van der Waals surface area (Å²) in [6.07, 6.45) is -10.3. The van der Waals surface area contributed by atoms with Gasteiger partial charge in [-0.1, -0.05) is 18.2 Å². The van der Waals surface area contributed by atoms with Gasteiger partial charge in [0.15, 0.2) is 5.75 Å². The first-order valence-electron chi connectivity index (χ1n) is 11.9. The van der Waals surface area contributed by atoms with Gasteiger partial charge in [-0.05, 0) is 35.9 Å². The molecule has 0 spiro atoms. The van der Waals surface area contributed by atoms with Crippen LogP contribution in [0.25, 0.3) is 11.3 Å². The van der Waals surface area contributed by atoms with E-state index in [1.165, 1.54) is 29.7 Å². The molecule has 1 amide bonds. The number of nitrogens with zero attached hydrogens (tertiary/aromatic N) is 3. The maximum Gasteiger partial charge on any atom is 0.416 e. The zero-order chi connectivity index (χ0) is 30.2. The van der Waals surface area contributed by atoms with Crippen molar-refractivity contribution >= 4 is 15.9 Å². The van der Waals surface area contributed by atoms with Crippen LogP contribution in [0.1, 0.15) is 17.2 Å². The molecule has 222 valence electrons. The van der Waals surface area contributed by atoms with E-state index in [-0.39, 0.29) is 30.7 Å². The molecule has 3 aromatic rings. The molecule has 41 heavy (non-hydrogen) atoms. The Hall–Kier alpha value is -3.63. The van der Waals surface area contributed by atoms with Crippen molar-refractivity contribution in [1.82, 2.24) is 19.4 Å². The molecule has 1 aliphatic rings. The highest BCUT2D eigenvalue weighted by molar-refractivity contribution is 7.89. The topological polar surface area (TPSA) is 103 Å². The second kappa shape index (κ2) is 11.3. The Bertz CT molecular complexity index is 1500. The molecule has 1 saturated heterocycles. The van der Waals surface area contributed by atoms with Crippen LogP contribution in [0.15, 0.2) is 54.6 Å². The van der Waals surface area contributed by atoms with Gasteiger partial charge in [-0.25, -0.2) is 17.8 Å². The number of aromatic nitrogens is 2. The molecule has 1 fully saturated rings. The number of likely N-dealkylation sites (N-methyl/N-ethyl adjacent to an activating group) is 1. The van der Waals surface area contributed by atoms with Crippen LogP contribution in [0, 0.1) is 0 Å². The van der Waals surface area contributed by atoms with Gasteiger partial charge in [0.2, 0.25) is 21.8 Å². The highest BCUT2D eigenvalue weighted by Gasteiger charge is 2.41. The van der Waals surface area contributed by atoms with E-state index >= 15 is 0 Å². The van der Waals surface area contributed by atoms with Gasteiger partial charge in [0.1, 0.15) is 18.4 Å². The largest absolute Gasteiger partial charge is 0.439 e. The zero-order valence-electron chi connectivity index (χ0n) is 21.5. The summed E-state index contributed by atoms with van der Waals surface area (Å²) in [6.45, 7) is -0.379. The van der Waals surface area contributed by atoms with Gasteiger partial charge in [0.05, 0.1) is 23.9 Å². The summed E-state index contributed by atoms with van der Waals surface area (Å²) in [6, 6.07) is 10.9. The molecule has 1 aromatic heterocycles. The molecule has 16 heteroatoms. The van der Waals surface area contributed by atoms with E-state index in [0.717, 1.165) is 24.3 Å². The predicted octanol–water partition coefficient (Wildman–Crippen LogP) is 4.37. The van der Waals surface area contributed by atoms with Gasteiger partial charge in [-0.15, -0.1) is 0 Å². The van der Waals surface area contributed by atoms with Crippen molar-refractivity contribution < 1.29 is 49.0 Å². The summed E-state index contributed by atoms with van der Waals surface area (Å²) in [7, 11) is -1.59. The number of benzene rings is 2. The van der Waals surface area contributed by atoms with Crippen LogP contribution in [0.2, 0.25) is 0 Å². The van der Waals surface area contributed by atoms with Crippen LogP contribution >= 0.6 is 0 Å². The molecule has 4 rings (SSSR count). The molecular weight excluding hydrogens is 582 g/mol. The number of hydrogen-bond donors (Lipinski definition) is 1. The predicted molar refractivity (Wildman–Crippen MR) is 133 cm³/mol. The Kier molecular flexibility index (Phi) is 8.38. The average molecular weight is 607 g/mol. The summed E-state index contributed by atoms with van der Waals surface area (Å²) < 4.78 is 115. The van der Waals surface area contributed by atoms with E-state index in [1.54, 1.807) is 24.3 Å². The average Bonchev–Trinajstić information content (AvgIpc) is 3.22. The number of sulfonamides is 1. The number of amides is 1. The number of halogens is 6. The van der Waals surface area contributed by atoms with E-state index in [9.17, 15) is 39.6 Å². The third kappa shape index (κ3) is 7.77. The summed E-state index contributed by atoms with van der Waals surface area (Å²) in [4.78, 5) is 13.7. The van der Waals surface area contributed by atoms with Crippen molar-refractivity contribution in [3.63, 3.8) is 0 Å². The zero-order valence-corrected chi connectivity index (χ0v) is 22.3. The third-order valence-electron chi connectivity index (χ3n) is 5.95. The summed E-state index contributed by atoms with van der Waals surface area (Å²) in [5.41, 5.74) is 0.366. The first-order valence-corrected chi connectivity index (χ1v) is 13.6. The molecule has 0 bridgehead atoms. The molecule has 2 atom stereocenters. The molecular formula is C25H24F6N4O5S. The first-order chi connectivity index (χ1) is 19.0. The summed E-state index contributed by atoms with van der Waals surface area (Å²) >= 11 is 0. The normalized spacial score (nSPS) is 17.7. The lowest BCUT2D eigenvalue weighted by Gasteiger charge is -2.37. The number of rotatable bonds is 9. The Balaban J connectivity index is 1.59. The smallest absolute Gasteiger partial charge is 0.416 e. The second-order valence-electron chi connectivity index (χ2n) is 9.42. The van der Waals surface area contributed by atoms with Crippen LogP contribution < -0.4 is 9.46 Å². The molecule has 0 aliphatic carbocycles. The molecule has 1 aliphatic heterocycles. The minimum Gasteiger partial charge on any atom is -0.439 e. The molecule has 2 unspecified atom stereocenters. The Morgan fingerprint density at radius 1 is 1.10 bits per heavy atom. The van der Waals surface area contributed by atoms with Crippen LogP contribution in [-0.2, 0) is 32.3 Å². The van der Waals surface area contributed by atoms with Crippen molar-refractivity contribution in [3.05, 3.63) is 65.7 Å². The van der Waals surface area contributed by atoms with Crippen molar-refractivity contribution in [2.75, 3.05) is 26.5 Å². The van der Waals surface area contributed by atoms with Gasteiger partial charge < -0.3 is 14.4 Å². The third-order valence-corrected chi connectivity index (χ3v) is 7.32. The van der Waals surface area contributed by atoms with Gasteiger partial charge >= 0.3 is 12.4 Å². The lowest BCUT2D eigenvalue weighted by Crippen LogP contribution is -2.52. The highest BCUT2D eigenvalue weighted by atomic mass is 32.2. The Labute approximate surface area is 230 Å². The molecule has 0 radical (unpaired) electrons. The van der Waals surface area contributed by atoms with Gasteiger partial charge in [0, 0.05) is 25.7 Å². The number of hydrogen-bond acceptors (Lipinski definition) is 6. The molecule has 0 saturated carbocycles. The van der Waals surface area contributed by atoms with Crippen LogP contribution in [-0.4, -0.2) is 67.7 Å². The van der Waals surface area contributed by atoms with E-state index in [4.69, 9.17) is 9.47 Å². The van der Waals surface area contributed by atoms with Crippen LogP contribution in [0.3, 0.4) is 0 Å². The number of carbonyl (C=O) groups excluding carboxylic acids is 1. The van der Waals surface area contributed by atoms with Crippen LogP contribution in [0.5, 0.6) is 11.6 Å². The number of alkyl halides is 6. The lowest BCUT2D eigenvalue weighted by atomic mass is 9.96. The van der Waals surface area contributed by atoms with E-state index in [0.29, 0.717) is 16.8 Å². The van der Waals surface area contributed by atoms with Gasteiger partial charge in [0.25, 0.3) is 0 Å². The molecule has 1 N–H and O–H groups in total. The fourth-order valence-corrected chi connectivity index (χ4v) is 5.08. The standard InChI is InChI=1S/C25H24F6N4O5S/c1-34(2)21(36)12-35-22(40-18-8-6-17(7-9-18)25(29,30)31)11-19(32-35)15-4-3-5-16(10-15)23-20(13-39-23)33-41(37,38)14-24(26,27)28/h3-11,20,23,33H,12-14H2,1-2H3. The Morgan fingerprint density at radius 3 is 2.34 bits per heavy atom. The maximum atomic E-state index is 12.9. The number of nitrogens with one attached hydrogen (secondary N) is 1. The number of carbonyl (C=O) groups is 1. The minimum atomic E-state index is -4.90. The minimum absolute atomic E-state index is 0.0537. The monoisotopic (exact) mass is 606 g/mol. The SMILES string of the molecule is CN(C)C(=O)Cn1nc(-c2cccc(C3OCC3NS(=O)(=O)CC(F)(F)F)c2)cc1Oc1ccc(C(F)(F)F)cc1. The summed E-state index contributed by atoms with van der Waals surface area (Å²) in [5, 5.41) is 4.41. The maximum absolute atomic E-state index is 12.9. The highest BCUT2D eigenvalue weighted by Crippen LogP contribution is 2.35. The van der Waals surface area contributed by atoms with E-state index in [1.807, 2.05) is 4.72 Å². The Morgan fingerprint density at radius 2 is 1.78 bits per heavy atom. The van der Waals surface area contributed by atoms with Crippen molar-refractivity contribution in [1.29, 1.82) is 0 Å². The second-order valence-corrected chi connectivity index (χ2v) is 11.2. The molecule has 9 nitrogen and oxygen atoms in total. The fraction of sp³-hybridized carbons (Fsp3) is 0.360. The van der Waals surface area contributed by atoms with E-state index in [2.05, 4.69) is 5.10 Å². The quantitative estimate of drug-likeness (QED) is 0.363. The molecule has 2 aromatic carbocycles. The lowest BCUT2D eigenvalue weighted by molar-refractivity contribution is -0.137. The van der Waals surface area contributed by atoms with Gasteiger partial charge in [-0.2, -0.15) is 31.4 Å². The fourth-order valence-electron chi connectivity index (χ4n) is 3.91. The van der Waals surface area contributed by atoms with E-state index < -0.39 is 45.8 Å². The first kappa shape index (κ1) is 30.3. The van der Waals surface area contributed by atoms with Crippen molar-refractivity contribution in [2.24, 2.45) is 0 Å². The van der Waals surface area contributed by atoms with Gasteiger partial charge in [-0.3, -0.25) is 4.79 Å². The van der Waals surface area contributed by atoms with Crippen molar-refractivity contribution in [2.45, 2.75) is 31.0 Å². The molecule has 2 heterocycles. The van der Waals surface area contributed by atoms with Crippen LogP contribution in [0.4, 0.5) is 26.3 Å².